The minimum atomic E-state index is -1.05. The number of benzene rings is 3. The molecule has 1 atom stereocenters. The first kappa shape index (κ1) is 25.7. The van der Waals surface area contributed by atoms with E-state index in [1.165, 1.54) is 36.5 Å². The Balaban J connectivity index is 1.27. The molecule has 0 fully saturated rings. The summed E-state index contributed by atoms with van der Waals surface area (Å²) in [4.78, 5) is 29.6. The minimum absolute atomic E-state index is 0.358. The van der Waals surface area contributed by atoms with Gasteiger partial charge >= 0.3 is 5.97 Å². The van der Waals surface area contributed by atoms with E-state index < -0.39 is 18.0 Å². The van der Waals surface area contributed by atoms with Crippen molar-refractivity contribution in [1.82, 2.24) is 14.8 Å². The van der Waals surface area contributed by atoms with Gasteiger partial charge < -0.3 is 4.74 Å². The molecule has 0 radical (unpaired) electrons. The van der Waals surface area contributed by atoms with Crippen molar-refractivity contribution in [2.45, 2.75) is 13.0 Å². The number of halogens is 1. The van der Waals surface area contributed by atoms with Crippen LogP contribution in [0.15, 0.2) is 103 Å². The van der Waals surface area contributed by atoms with Crippen LogP contribution in [0.4, 0.5) is 9.52 Å². The Morgan fingerprint density at radius 2 is 1.67 bits per heavy atom. The molecule has 0 saturated heterocycles. The average molecular weight is 539 g/mol. The third-order valence-electron chi connectivity index (χ3n) is 5.75. The van der Waals surface area contributed by atoms with Gasteiger partial charge in [0.1, 0.15) is 5.82 Å². The van der Waals surface area contributed by atoms with Crippen LogP contribution < -0.4 is 5.32 Å². The molecule has 194 valence electrons. The zero-order valence-electron chi connectivity index (χ0n) is 20.8. The minimum Gasteiger partial charge on any atom is -0.449 e. The molecule has 1 N–H and O–H groups in total. The van der Waals surface area contributed by atoms with Crippen LogP contribution in [0.2, 0.25) is 0 Å². The number of nitrogens with zero attached hydrogens (tertiary/aromatic N) is 3. The molecular weight excluding hydrogens is 515 g/mol. The molecule has 2 aromatic heterocycles. The Bertz CT molecular complexity index is 1610. The summed E-state index contributed by atoms with van der Waals surface area (Å²) in [7, 11) is 0. The lowest BCUT2D eigenvalue weighted by atomic mass is 10.1. The molecule has 0 bridgehead atoms. The summed E-state index contributed by atoms with van der Waals surface area (Å²) in [6, 6.07) is 25.0. The molecule has 7 nitrogen and oxygen atoms in total. The van der Waals surface area contributed by atoms with Crippen molar-refractivity contribution in [3.8, 4) is 28.2 Å². The largest absolute Gasteiger partial charge is 0.449 e. The SMILES string of the molecule is C[C@@H](OC(=O)/C=C/c1cn(-c2ccccc2)nc1-c1ccc(F)cc1)C(=O)Nc1nc(-c2ccccc2)cs1. The van der Waals surface area contributed by atoms with Crippen molar-refractivity contribution >= 4 is 34.4 Å². The number of rotatable bonds is 8. The highest BCUT2D eigenvalue weighted by Gasteiger charge is 2.19. The van der Waals surface area contributed by atoms with Crippen molar-refractivity contribution in [1.29, 1.82) is 0 Å². The van der Waals surface area contributed by atoms with Gasteiger partial charge in [-0.15, -0.1) is 11.3 Å². The van der Waals surface area contributed by atoms with Gasteiger partial charge in [0, 0.05) is 34.3 Å². The number of amides is 1. The summed E-state index contributed by atoms with van der Waals surface area (Å²) in [6.07, 6.45) is 3.51. The summed E-state index contributed by atoms with van der Waals surface area (Å²) >= 11 is 1.29. The van der Waals surface area contributed by atoms with Gasteiger partial charge in [-0.1, -0.05) is 48.5 Å². The number of anilines is 1. The molecular formula is C30H23FN4O3S. The molecule has 2 heterocycles. The van der Waals surface area contributed by atoms with Gasteiger partial charge in [0.25, 0.3) is 5.91 Å². The molecule has 39 heavy (non-hydrogen) atoms. The smallest absolute Gasteiger partial charge is 0.331 e. The maximum atomic E-state index is 13.5. The number of carbonyl (C=O) groups is 2. The number of nitrogens with one attached hydrogen (secondary N) is 1. The molecule has 0 aliphatic rings. The predicted octanol–water partition coefficient (Wildman–Crippen LogP) is 6.39. The van der Waals surface area contributed by atoms with E-state index in [9.17, 15) is 14.0 Å². The van der Waals surface area contributed by atoms with Crippen LogP contribution in [0.25, 0.3) is 34.3 Å². The van der Waals surface area contributed by atoms with E-state index in [1.807, 2.05) is 66.0 Å². The van der Waals surface area contributed by atoms with Crippen molar-refractivity contribution in [3.05, 3.63) is 114 Å². The Hall–Kier alpha value is -4.89. The highest BCUT2D eigenvalue weighted by Crippen LogP contribution is 2.26. The van der Waals surface area contributed by atoms with E-state index in [1.54, 1.807) is 29.1 Å². The summed E-state index contributed by atoms with van der Waals surface area (Å²) in [5.74, 6) is -1.54. The molecule has 0 unspecified atom stereocenters. The highest BCUT2D eigenvalue weighted by atomic mass is 32.1. The molecule has 0 saturated carbocycles. The molecule has 5 aromatic rings. The fourth-order valence-electron chi connectivity index (χ4n) is 3.76. The normalized spacial score (nSPS) is 11.8. The predicted molar refractivity (Wildman–Crippen MR) is 150 cm³/mol. The number of esters is 1. The van der Waals surface area contributed by atoms with Crippen LogP contribution in [-0.2, 0) is 14.3 Å². The van der Waals surface area contributed by atoms with E-state index in [0.29, 0.717) is 22.0 Å². The second-order valence-corrected chi connectivity index (χ2v) is 9.38. The van der Waals surface area contributed by atoms with Crippen LogP contribution in [0, 0.1) is 5.82 Å². The van der Waals surface area contributed by atoms with Gasteiger partial charge in [0.2, 0.25) is 0 Å². The van der Waals surface area contributed by atoms with Crippen LogP contribution in [0.3, 0.4) is 0 Å². The van der Waals surface area contributed by atoms with Crippen molar-refractivity contribution in [3.63, 3.8) is 0 Å². The fourth-order valence-corrected chi connectivity index (χ4v) is 4.48. The topological polar surface area (TPSA) is 86.1 Å². The average Bonchev–Trinajstić information content (AvgIpc) is 3.61. The Morgan fingerprint density at radius 1 is 0.974 bits per heavy atom. The lowest BCUT2D eigenvalue weighted by Crippen LogP contribution is -2.29. The molecule has 0 spiro atoms. The Kier molecular flexibility index (Phi) is 7.70. The van der Waals surface area contributed by atoms with E-state index in [-0.39, 0.29) is 5.82 Å². The number of para-hydroxylation sites is 1. The lowest BCUT2D eigenvalue weighted by Gasteiger charge is -2.10. The maximum absolute atomic E-state index is 13.5. The number of ether oxygens (including phenoxy) is 1. The summed E-state index contributed by atoms with van der Waals surface area (Å²) in [6.45, 7) is 1.49. The van der Waals surface area contributed by atoms with Crippen LogP contribution in [-0.4, -0.2) is 32.7 Å². The quantitative estimate of drug-likeness (QED) is 0.183. The van der Waals surface area contributed by atoms with Crippen molar-refractivity contribution in [2.75, 3.05) is 5.32 Å². The summed E-state index contributed by atoms with van der Waals surface area (Å²) in [5, 5.41) is 9.59. The molecule has 0 aliphatic carbocycles. The monoisotopic (exact) mass is 538 g/mol. The first-order chi connectivity index (χ1) is 19.0. The lowest BCUT2D eigenvalue weighted by molar-refractivity contribution is -0.148. The van der Waals surface area contributed by atoms with Gasteiger partial charge in [-0.25, -0.2) is 18.9 Å². The number of hydrogen-bond donors (Lipinski definition) is 1. The van der Waals surface area contributed by atoms with Crippen LogP contribution in [0.5, 0.6) is 0 Å². The second kappa shape index (κ2) is 11.7. The van der Waals surface area contributed by atoms with E-state index >= 15 is 0 Å². The van der Waals surface area contributed by atoms with Gasteiger partial charge in [-0.3, -0.25) is 10.1 Å². The van der Waals surface area contributed by atoms with Crippen LogP contribution >= 0.6 is 11.3 Å². The first-order valence-corrected chi connectivity index (χ1v) is 13.0. The van der Waals surface area contributed by atoms with Crippen LogP contribution in [0.1, 0.15) is 12.5 Å². The third kappa shape index (κ3) is 6.34. The zero-order valence-corrected chi connectivity index (χ0v) is 21.6. The van der Waals surface area contributed by atoms with Gasteiger partial charge in [-0.2, -0.15) is 5.10 Å². The number of hydrogen-bond acceptors (Lipinski definition) is 6. The highest BCUT2D eigenvalue weighted by molar-refractivity contribution is 7.14. The Labute approximate surface area is 228 Å². The van der Waals surface area contributed by atoms with Gasteiger partial charge in [-0.05, 0) is 49.4 Å². The molecule has 5 rings (SSSR count). The zero-order chi connectivity index (χ0) is 27.2. The number of aromatic nitrogens is 3. The standard InChI is InChI=1S/C30H23FN4O3S/c1-20(29(37)33-30-32-26(19-39-30)21-8-4-2-5-9-21)38-27(36)17-14-23-18-35(25-10-6-3-7-11-25)34-28(23)22-12-15-24(31)16-13-22/h2-20H,1H3,(H,32,33,37)/b17-14+/t20-/m1/s1. The van der Waals surface area contributed by atoms with E-state index in [2.05, 4.69) is 15.4 Å². The molecule has 3 aromatic carbocycles. The van der Waals surface area contributed by atoms with Gasteiger partial charge in [0.15, 0.2) is 11.2 Å². The summed E-state index contributed by atoms with van der Waals surface area (Å²) in [5.41, 5.74) is 4.38. The van der Waals surface area contributed by atoms with Crippen molar-refractivity contribution < 1.29 is 18.7 Å². The number of thiazole rings is 1. The van der Waals surface area contributed by atoms with Crippen molar-refractivity contribution in [2.24, 2.45) is 0 Å². The fraction of sp³-hybridized carbons (Fsp3) is 0.0667. The van der Waals surface area contributed by atoms with E-state index in [0.717, 1.165) is 16.9 Å². The maximum Gasteiger partial charge on any atom is 0.331 e. The van der Waals surface area contributed by atoms with Gasteiger partial charge in [0.05, 0.1) is 17.1 Å². The molecule has 9 heteroatoms. The Morgan fingerprint density at radius 3 is 2.38 bits per heavy atom. The number of carbonyl (C=O) groups excluding carboxylic acids is 2. The molecule has 1 amide bonds. The first-order valence-electron chi connectivity index (χ1n) is 12.1. The molecule has 0 aliphatic heterocycles. The third-order valence-corrected chi connectivity index (χ3v) is 6.50. The second-order valence-electron chi connectivity index (χ2n) is 8.53. The van der Waals surface area contributed by atoms with E-state index in [4.69, 9.17) is 4.74 Å². The summed E-state index contributed by atoms with van der Waals surface area (Å²) < 4.78 is 20.5.